The lowest BCUT2D eigenvalue weighted by atomic mass is 9.92. The number of carbonyl (C=O) groups is 2. The van der Waals surface area contributed by atoms with E-state index in [1.54, 1.807) is 16.8 Å². The highest BCUT2D eigenvalue weighted by Gasteiger charge is 2.44. The largest absolute Gasteiger partial charge is 0.369 e. The Bertz CT molecular complexity index is 1610. The number of hydrogen-bond donors (Lipinski definition) is 1. The molecule has 12 heteroatoms. The number of piperidine rings is 1. The number of piperazine rings is 1. The van der Waals surface area contributed by atoms with Crippen molar-refractivity contribution in [2.24, 2.45) is 5.41 Å². The molecule has 2 aromatic heterocycles. The Balaban J connectivity index is 0.00000417. The van der Waals surface area contributed by atoms with Crippen molar-refractivity contribution in [3.63, 3.8) is 0 Å². The van der Waals surface area contributed by atoms with Crippen LogP contribution in [0.5, 0.6) is 0 Å². The van der Waals surface area contributed by atoms with E-state index in [0.717, 1.165) is 49.4 Å². The van der Waals surface area contributed by atoms with Gasteiger partial charge in [0.25, 0.3) is 0 Å². The summed E-state index contributed by atoms with van der Waals surface area (Å²) in [5, 5.41) is -0.901. The third-order valence-corrected chi connectivity index (χ3v) is 10.8. The zero-order chi connectivity index (χ0) is 31.9. The Hall–Kier alpha value is -3.38. The minimum Gasteiger partial charge on any atom is -0.369 e. The predicted octanol–water partition coefficient (Wildman–Crippen LogP) is 4.49. The smallest absolute Gasteiger partial charge is 0.327 e. The third kappa shape index (κ3) is 6.77. The zero-order valence-corrected chi connectivity index (χ0v) is 27.5. The summed E-state index contributed by atoms with van der Waals surface area (Å²) in [6, 6.07) is 8.61. The van der Waals surface area contributed by atoms with Crippen molar-refractivity contribution in [1.29, 1.82) is 0 Å². The second kappa shape index (κ2) is 12.8. The Kier molecular flexibility index (Phi) is 8.98. The lowest BCUT2D eigenvalue weighted by Gasteiger charge is -2.37. The number of likely N-dealkylation sites (tertiary alicyclic amines) is 1. The summed E-state index contributed by atoms with van der Waals surface area (Å²) in [5.74, 6) is -0.426. The van der Waals surface area contributed by atoms with Crippen LogP contribution in [0.1, 0.15) is 64.9 Å². The van der Waals surface area contributed by atoms with Crippen LogP contribution in [0.2, 0.25) is 0 Å². The number of pyridine rings is 1. The fourth-order valence-electron chi connectivity index (χ4n) is 6.69. The summed E-state index contributed by atoms with van der Waals surface area (Å²) in [6.45, 7) is 11.5. The maximum Gasteiger partial charge on any atom is 0.327 e. The molecule has 0 spiro atoms. The molecule has 0 radical (unpaired) electrons. The predicted molar refractivity (Wildman–Crippen MR) is 178 cm³/mol. The molecular formula is C33H46FN7O3S. The van der Waals surface area contributed by atoms with E-state index in [1.165, 1.54) is 17.8 Å². The maximum absolute atomic E-state index is 14.8. The molecule has 3 fully saturated rings. The van der Waals surface area contributed by atoms with Gasteiger partial charge >= 0.3 is 5.69 Å². The van der Waals surface area contributed by atoms with Gasteiger partial charge in [-0.3, -0.25) is 19.1 Å². The van der Waals surface area contributed by atoms with Crippen molar-refractivity contribution < 1.29 is 15.4 Å². The highest BCUT2D eigenvalue weighted by atomic mass is 32.2. The number of amides is 2. The van der Waals surface area contributed by atoms with Crippen LogP contribution >= 0.6 is 11.8 Å². The monoisotopic (exact) mass is 639 g/mol. The first-order valence-electron chi connectivity index (χ1n) is 16.0. The molecule has 3 aromatic rings. The molecule has 10 nitrogen and oxygen atoms in total. The van der Waals surface area contributed by atoms with E-state index in [9.17, 15) is 18.8 Å². The molecule has 1 N–H and O–H groups in total. The number of hydrogen-bond acceptors (Lipinski definition) is 7. The number of fused-ring (bicyclic) bond motifs is 1. The molecule has 1 aromatic carbocycles. The summed E-state index contributed by atoms with van der Waals surface area (Å²) < 4.78 is 16.6. The van der Waals surface area contributed by atoms with E-state index in [2.05, 4.69) is 47.6 Å². The van der Waals surface area contributed by atoms with Crippen molar-refractivity contribution in [1.82, 2.24) is 29.2 Å². The Morgan fingerprint density at radius 1 is 1.09 bits per heavy atom. The van der Waals surface area contributed by atoms with Gasteiger partial charge in [-0.2, -0.15) is 0 Å². The van der Waals surface area contributed by atoms with Gasteiger partial charge in [-0.1, -0.05) is 20.8 Å². The van der Waals surface area contributed by atoms with E-state index in [0.29, 0.717) is 38.1 Å². The average molecular weight is 640 g/mol. The molecule has 244 valence electrons. The minimum atomic E-state index is -0.536. The number of likely N-dealkylation sites (N-methyl/N-ethyl adjacent to an activating group) is 1. The Morgan fingerprint density at radius 2 is 1.82 bits per heavy atom. The van der Waals surface area contributed by atoms with E-state index < -0.39 is 5.25 Å². The van der Waals surface area contributed by atoms with Gasteiger partial charge in [0.15, 0.2) is 5.65 Å². The second-order valence-electron chi connectivity index (χ2n) is 13.8. The van der Waals surface area contributed by atoms with Gasteiger partial charge in [-0.15, -0.1) is 11.8 Å². The summed E-state index contributed by atoms with van der Waals surface area (Å²) in [6.07, 6.45) is 3.86. The second-order valence-corrected chi connectivity index (χ2v) is 15.1. The summed E-state index contributed by atoms with van der Waals surface area (Å²) in [5.41, 5.74) is 2.94. The van der Waals surface area contributed by atoms with Crippen molar-refractivity contribution in [2.45, 2.75) is 63.1 Å². The van der Waals surface area contributed by atoms with Gasteiger partial charge in [0.05, 0.1) is 10.8 Å². The number of halogens is 1. The van der Waals surface area contributed by atoms with Crippen LogP contribution in [-0.2, 0) is 9.59 Å². The molecule has 0 aliphatic carbocycles. The normalized spacial score (nSPS) is 22.2. The number of imidazole rings is 1. The van der Waals surface area contributed by atoms with Gasteiger partial charge in [0, 0.05) is 77.2 Å². The topological polar surface area (TPSA) is 97.8 Å². The first kappa shape index (κ1) is 31.6. The number of nitrogens with zero attached hydrogens (tertiary/aromatic N) is 6. The number of benzene rings is 1. The van der Waals surface area contributed by atoms with E-state index >= 15 is 0 Å². The zero-order valence-electron chi connectivity index (χ0n) is 26.7. The molecule has 0 saturated carbocycles. The number of carbonyl (C=O) groups excluding carboxylic acids is 2. The summed E-state index contributed by atoms with van der Waals surface area (Å²) >= 11 is 1.48. The van der Waals surface area contributed by atoms with Crippen LogP contribution in [0.25, 0.3) is 11.2 Å². The van der Waals surface area contributed by atoms with Crippen molar-refractivity contribution in [3.8, 4) is 0 Å². The molecule has 3 saturated heterocycles. The molecule has 45 heavy (non-hydrogen) atoms. The number of nitrogens with one attached hydrogen (secondary N) is 1. The third-order valence-electron chi connectivity index (χ3n) is 9.37. The van der Waals surface area contributed by atoms with Crippen molar-refractivity contribution in [2.75, 3.05) is 57.8 Å². The van der Waals surface area contributed by atoms with Crippen LogP contribution in [0, 0.1) is 11.2 Å². The van der Waals surface area contributed by atoms with E-state index in [-0.39, 0.29) is 48.0 Å². The summed E-state index contributed by atoms with van der Waals surface area (Å²) in [4.78, 5) is 55.7. The standard InChI is InChI=1S/C33H44FN7O3S.H2/c1-33(2,3)11-15-40-30(43)27(45-31(40)24-20-22(34)7-8-25(24)38-18-16-37(4)17-19-38)21-28(42)39-13-9-23(10-14-39)41-26-6-5-12-35-29(26)36-32(41)44;/h5-8,12,20,23,27,31H,9-11,13-19,21H2,1-4H3,(H,35,36,44);1H. The minimum absolute atomic E-state index is 0. The summed E-state index contributed by atoms with van der Waals surface area (Å²) in [7, 11) is 2.10. The van der Waals surface area contributed by atoms with Crippen LogP contribution < -0.4 is 10.6 Å². The first-order valence-corrected chi connectivity index (χ1v) is 16.9. The van der Waals surface area contributed by atoms with Crippen LogP contribution in [0.4, 0.5) is 10.1 Å². The number of thioether (sulfide) groups is 1. The maximum atomic E-state index is 14.8. The SMILES string of the molecule is CN1CCN(c2ccc(F)cc2C2SC(CC(=O)N3CCC(n4c(=O)[nH]c5ncccc54)CC3)C(=O)N2CCC(C)(C)C)CC1.[HH]. The van der Waals surface area contributed by atoms with E-state index in [1.807, 2.05) is 28.0 Å². The first-order chi connectivity index (χ1) is 21.5. The van der Waals surface area contributed by atoms with Crippen molar-refractivity contribution in [3.05, 3.63) is 58.4 Å². The van der Waals surface area contributed by atoms with Crippen LogP contribution in [0.15, 0.2) is 41.3 Å². The molecule has 2 unspecified atom stereocenters. The highest BCUT2D eigenvalue weighted by molar-refractivity contribution is 8.01. The van der Waals surface area contributed by atoms with E-state index in [4.69, 9.17) is 0 Å². The van der Waals surface area contributed by atoms with Gasteiger partial charge in [0.2, 0.25) is 11.8 Å². The van der Waals surface area contributed by atoms with Crippen LogP contribution in [-0.4, -0.2) is 99.2 Å². The van der Waals surface area contributed by atoms with Gasteiger partial charge in [0.1, 0.15) is 11.2 Å². The Labute approximate surface area is 269 Å². The number of aromatic amines is 1. The molecular weight excluding hydrogens is 593 g/mol. The average Bonchev–Trinajstić information content (AvgIpc) is 3.51. The van der Waals surface area contributed by atoms with Gasteiger partial charge < -0.3 is 19.6 Å². The highest BCUT2D eigenvalue weighted by Crippen LogP contribution is 2.48. The quantitative estimate of drug-likeness (QED) is 0.407. The van der Waals surface area contributed by atoms with Gasteiger partial charge in [-0.25, -0.2) is 14.2 Å². The van der Waals surface area contributed by atoms with Crippen LogP contribution in [0.3, 0.4) is 0 Å². The fourth-order valence-corrected chi connectivity index (χ4v) is 8.18. The number of anilines is 1. The molecule has 5 heterocycles. The molecule has 3 aliphatic heterocycles. The van der Waals surface area contributed by atoms with Crippen molar-refractivity contribution >= 4 is 40.4 Å². The molecule has 0 bridgehead atoms. The Morgan fingerprint density at radius 3 is 2.53 bits per heavy atom. The fraction of sp³-hybridized carbons (Fsp3) is 0.576. The lowest BCUT2D eigenvalue weighted by Crippen LogP contribution is -2.45. The lowest BCUT2D eigenvalue weighted by molar-refractivity contribution is -0.136. The number of rotatable bonds is 7. The number of aromatic nitrogens is 3. The molecule has 2 amide bonds. The molecule has 3 aliphatic rings. The van der Waals surface area contributed by atoms with Gasteiger partial charge in [-0.05, 0) is 62.1 Å². The number of H-pyrrole nitrogens is 1. The molecule has 6 rings (SSSR count). The molecule has 2 atom stereocenters.